The van der Waals surface area contributed by atoms with Gasteiger partial charge in [0.2, 0.25) is 5.89 Å². The van der Waals surface area contributed by atoms with E-state index in [1.165, 1.54) is 0 Å². The highest BCUT2D eigenvalue weighted by Crippen LogP contribution is 2.28. The number of rotatable bonds is 2. The van der Waals surface area contributed by atoms with Crippen molar-refractivity contribution in [3.05, 3.63) is 38.5 Å². The standard InChI is InChI=1S/C13H14BrN3O4/c1-7-6-9(14)20-10(7)12(18)17-4-2-8(3-5-17)11-15-16-13(19)21-11/h6,8H,2-5H2,1H3,(H,16,19). The summed E-state index contributed by atoms with van der Waals surface area (Å²) in [5, 5.41) is 6.12. The number of carbonyl (C=O) groups is 1. The zero-order valence-electron chi connectivity index (χ0n) is 11.4. The zero-order chi connectivity index (χ0) is 15.0. The van der Waals surface area contributed by atoms with Crippen LogP contribution in [0.3, 0.4) is 0 Å². The number of hydrogen-bond donors (Lipinski definition) is 1. The Morgan fingerprint density at radius 2 is 2.14 bits per heavy atom. The van der Waals surface area contributed by atoms with Gasteiger partial charge in [0.05, 0.1) is 0 Å². The van der Waals surface area contributed by atoms with Gasteiger partial charge in [0.15, 0.2) is 10.4 Å². The number of carbonyl (C=O) groups excluding carboxylic acids is 1. The first kappa shape index (κ1) is 14.1. The summed E-state index contributed by atoms with van der Waals surface area (Å²) in [6, 6.07) is 1.78. The van der Waals surface area contributed by atoms with E-state index in [1.807, 2.05) is 6.92 Å². The van der Waals surface area contributed by atoms with Crippen LogP contribution in [0, 0.1) is 6.92 Å². The number of nitrogens with zero attached hydrogens (tertiary/aromatic N) is 2. The summed E-state index contributed by atoms with van der Waals surface area (Å²) in [5.41, 5.74) is 0.812. The number of furan rings is 1. The molecule has 2 aromatic heterocycles. The number of nitrogens with one attached hydrogen (secondary N) is 1. The van der Waals surface area contributed by atoms with Crippen LogP contribution < -0.4 is 5.76 Å². The maximum absolute atomic E-state index is 12.4. The Bertz CT molecular complexity index is 709. The van der Waals surface area contributed by atoms with Crippen molar-refractivity contribution in [1.82, 2.24) is 15.1 Å². The smallest absolute Gasteiger partial charge is 0.434 e. The van der Waals surface area contributed by atoms with Crippen molar-refractivity contribution in [2.24, 2.45) is 0 Å². The fraction of sp³-hybridized carbons (Fsp3) is 0.462. The van der Waals surface area contributed by atoms with Gasteiger partial charge in [-0.05, 0) is 41.8 Å². The molecule has 0 bridgehead atoms. The number of aromatic nitrogens is 2. The van der Waals surface area contributed by atoms with E-state index in [0.717, 1.165) is 5.56 Å². The van der Waals surface area contributed by atoms with Crippen LogP contribution in [0.1, 0.15) is 40.8 Å². The second-order valence-corrected chi connectivity index (χ2v) is 5.86. The topological polar surface area (TPSA) is 92.3 Å². The molecule has 1 aliphatic rings. The van der Waals surface area contributed by atoms with Gasteiger partial charge in [-0.2, -0.15) is 0 Å². The lowest BCUT2D eigenvalue weighted by atomic mass is 9.96. The monoisotopic (exact) mass is 355 g/mol. The fourth-order valence-corrected chi connectivity index (χ4v) is 3.05. The maximum atomic E-state index is 12.4. The highest BCUT2D eigenvalue weighted by atomic mass is 79.9. The van der Waals surface area contributed by atoms with Crippen LogP contribution in [0.15, 0.2) is 24.4 Å². The summed E-state index contributed by atoms with van der Waals surface area (Å²) >= 11 is 3.23. The van der Waals surface area contributed by atoms with E-state index in [2.05, 4.69) is 26.1 Å². The number of piperidine rings is 1. The zero-order valence-corrected chi connectivity index (χ0v) is 13.0. The fourth-order valence-electron chi connectivity index (χ4n) is 2.54. The molecule has 1 N–H and O–H groups in total. The lowest BCUT2D eigenvalue weighted by Gasteiger charge is -2.29. The minimum Gasteiger partial charge on any atom is -0.444 e. The van der Waals surface area contributed by atoms with Crippen molar-refractivity contribution < 1.29 is 13.6 Å². The van der Waals surface area contributed by atoms with Crippen LogP contribution >= 0.6 is 15.9 Å². The summed E-state index contributed by atoms with van der Waals surface area (Å²) in [5.74, 6) is 0.202. The Labute approximate surface area is 128 Å². The molecule has 0 unspecified atom stereocenters. The summed E-state index contributed by atoms with van der Waals surface area (Å²) in [7, 11) is 0. The number of hydrogen-bond acceptors (Lipinski definition) is 5. The van der Waals surface area contributed by atoms with Crippen molar-refractivity contribution in [2.45, 2.75) is 25.7 Å². The number of aromatic amines is 1. The van der Waals surface area contributed by atoms with E-state index in [0.29, 0.717) is 42.3 Å². The van der Waals surface area contributed by atoms with E-state index in [4.69, 9.17) is 8.83 Å². The maximum Gasteiger partial charge on any atom is 0.434 e. The quantitative estimate of drug-likeness (QED) is 0.889. The van der Waals surface area contributed by atoms with Crippen molar-refractivity contribution in [2.75, 3.05) is 13.1 Å². The van der Waals surface area contributed by atoms with Gasteiger partial charge >= 0.3 is 5.76 Å². The van der Waals surface area contributed by atoms with E-state index in [-0.39, 0.29) is 11.8 Å². The molecule has 112 valence electrons. The number of amides is 1. The van der Waals surface area contributed by atoms with Crippen molar-refractivity contribution in [3.8, 4) is 0 Å². The van der Waals surface area contributed by atoms with Crippen LogP contribution in [0.25, 0.3) is 0 Å². The van der Waals surface area contributed by atoms with E-state index in [1.54, 1.807) is 11.0 Å². The van der Waals surface area contributed by atoms with Crippen molar-refractivity contribution in [3.63, 3.8) is 0 Å². The molecule has 0 spiro atoms. The molecule has 0 aliphatic carbocycles. The normalized spacial score (nSPS) is 16.4. The van der Waals surface area contributed by atoms with Crippen molar-refractivity contribution in [1.29, 1.82) is 0 Å². The van der Waals surface area contributed by atoms with Gasteiger partial charge in [0, 0.05) is 24.6 Å². The lowest BCUT2D eigenvalue weighted by Crippen LogP contribution is -2.38. The van der Waals surface area contributed by atoms with Gasteiger partial charge in [-0.1, -0.05) is 0 Å². The number of likely N-dealkylation sites (tertiary alicyclic amines) is 1. The minimum absolute atomic E-state index is 0.0671. The minimum atomic E-state index is -0.542. The second kappa shape index (κ2) is 5.51. The summed E-state index contributed by atoms with van der Waals surface area (Å²) in [4.78, 5) is 25.1. The third-order valence-electron chi connectivity index (χ3n) is 3.67. The third kappa shape index (κ3) is 2.80. The molecule has 8 heteroatoms. The number of aryl methyl sites for hydroxylation is 1. The molecule has 1 saturated heterocycles. The SMILES string of the molecule is Cc1cc(Br)oc1C(=O)N1CCC(c2n[nH]c(=O)o2)CC1. The van der Waals surface area contributed by atoms with Gasteiger partial charge in [-0.3, -0.25) is 4.79 Å². The Hall–Kier alpha value is -1.83. The highest BCUT2D eigenvalue weighted by Gasteiger charge is 2.29. The summed E-state index contributed by atoms with van der Waals surface area (Å²) < 4.78 is 10.9. The van der Waals surface area contributed by atoms with Crippen LogP contribution in [-0.4, -0.2) is 34.1 Å². The van der Waals surface area contributed by atoms with E-state index in [9.17, 15) is 9.59 Å². The van der Waals surface area contributed by atoms with Crippen molar-refractivity contribution >= 4 is 21.8 Å². The molecule has 7 nitrogen and oxygen atoms in total. The lowest BCUT2D eigenvalue weighted by molar-refractivity contribution is 0.0671. The van der Waals surface area contributed by atoms with Crippen LogP contribution in [0.5, 0.6) is 0 Å². The molecule has 1 amide bonds. The Balaban J connectivity index is 1.67. The van der Waals surface area contributed by atoms with Gasteiger partial charge in [-0.25, -0.2) is 9.89 Å². The summed E-state index contributed by atoms with van der Waals surface area (Å²) in [6.07, 6.45) is 1.42. The predicted octanol–water partition coefficient (Wildman–Crippen LogP) is 2.05. The van der Waals surface area contributed by atoms with Crippen LogP contribution in [0.4, 0.5) is 0 Å². The van der Waals surface area contributed by atoms with Gasteiger partial charge in [0.25, 0.3) is 5.91 Å². The van der Waals surface area contributed by atoms with Gasteiger partial charge in [-0.15, -0.1) is 5.10 Å². The molecule has 3 heterocycles. The molecule has 2 aromatic rings. The van der Waals surface area contributed by atoms with Gasteiger partial charge < -0.3 is 13.7 Å². The van der Waals surface area contributed by atoms with Gasteiger partial charge in [0.1, 0.15) is 0 Å². The number of halogens is 1. The largest absolute Gasteiger partial charge is 0.444 e. The van der Waals surface area contributed by atoms with E-state index >= 15 is 0 Å². The molecule has 0 atom stereocenters. The molecule has 1 fully saturated rings. The first-order chi connectivity index (χ1) is 10.0. The molecule has 1 aliphatic heterocycles. The second-order valence-electron chi connectivity index (χ2n) is 5.08. The Kier molecular flexibility index (Phi) is 3.71. The molecule has 21 heavy (non-hydrogen) atoms. The number of H-pyrrole nitrogens is 1. The first-order valence-electron chi connectivity index (χ1n) is 6.65. The Morgan fingerprint density at radius 1 is 1.43 bits per heavy atom. The molecule has 0 radical (unpaired) electrons. The average Bonchev–Trinajstić information content (AvgIpc) is 3.04. The molecule has 0 aromatic carbocycles. The molecule has 0 saturated carbocycles. The van der Waals surface area contributed by atoms with E-state index < -0.39 is 5.76 Å². The molecular weight excluding hydrogens is 342 g/mol. The first-order valence-corrected chi connectivity index (χ1v) is 7.44. The summed E-state index contributed by atoms with van der Waals surface area (Å²) in [6.45, 7) is 3.00. The molecular formula is C13H14BrN3O4. The average molecular weight is 356 g/mol. The highest BCUT2D eigenvalue weighted by molar-refractivity contribution is 9.10. The third-order valence-corrected chi connectivity index (χ3v) is 4.06. The predicted molar refractivity (Wildman–Crippen MR) is 76.1 cm³/mol. The van der Waals surface area contributed by atoms with Crippen LogP contribution in [-0.2, 0) is 0 Å². The Morgan fingerprint density at radius 3 is 2.67 bits per heavy atom. The van der Waals surface area contributed by atoms with Crippen LogP contribution in [0.2, 0.25) is 0 Å². The molecule has 3 rings (SSSR count).